The van der Waals surface area contributed by atoms with Crippen molar-refractivity contribution in [2.45, 2.75) is 30.0 Å². The molecule has 6 heteroatoms. The Morgan fingerprint density at radius 2 is 2.35 bits per heavy atom. The van der Waals surface area contributed by atoms with Crippen molar-refractivity contribution < 1.29 is 8.42 Å². The van der Waals surface area contributed by atoms with Crippen molar-refractivity contribution in [2.24, 2.45) is 11.7 Å². The molecular formula is C11H18N2O2S2. The van der Waals surface area contributed by atoms with Gasteiger partial charge in [0.05, 0.1) is 0 Å². The first-order valence-corrected chi connectivity index (χ1v) is 8.14. The van der Waals surface area contributed by atoms with Crippen molar-refractivity contribution in [3.05, 3.63) is 17.5 Å². The quantitative estimate of drug-likeness (QED) is 0.908. The summed E-state index contributed by atoms with van der Waals surface area (Å²) in [6.45, 7) is 3.06. The highest BCUT2D eigenvalue weighted by Crippen LogP contribution is 2.30. The predicted octanol–water partition coefficient (Wildman–Crippen LogP) is 1.50. The number of sulfonamides is 1. The molecule has 0 aliphatic carbocycles. The lowest BCUT2D eigenvalue weighted by Crippen LogP contribution is -2.51. The molecule has 0 saturated carbocycles. The normalized spacial score (nSPS) is 27.2. The summed E-state index contributed by atoms with van der Waals surface area (Å²) in [7, 11) is -3.34. The van der Waals surface area contributed by atoms with E-state index in [1.807, 2.05) is 0 Å². The molecule has 96 valence electrons. The van der Waals surface area contributed by atoms with Gasteiger partial charge in [0.15, 0.2) is 0 Å². The van der Waals surface area contributed by atoms with Crippen molar-refractivity contribution >= 4 is 21.4 Å². The van der Waals surface area contributed by atoms with Crippen molar-refractivity contribution in [1.82, 2.24) is 4.31 Å². The standard InChI is InChI=1S/C11H18N2O2S2/c1-9-4-2-6-13(10(9)8-12)17(14,15)11-5-3-7-16-11/h3,5,7,9-10H,2,4,6,8,12H2,1H3/t9-,10-/m1/s1. The molecule has 4 nitrogen and oxygen atoms in total. The molecule has 2 N–H and O–H groups in total. The zero-order valence-corrected chi connectivity index (χ0v) is 11.5. The van der Waals surface area contributed by atoms with Crippen LogP contribution in [0.2, 0.25) is 0 Å². The molecular weight excluding hydrogens is 256 g/mol. The Morgan fingerprint density at radius 1 is 1.59 bits per heavy atom. The van der Waals surface area contributed by atoms with E-state index in [1.54, 1.807) is 21.8 Å². The van der Waals surface area contributed by atoms with Crippen LogP contribution in [0.4, 0.5) is 0 Å². The molecule has 0 unspecified atom stereocenters. The summed E-state index contributed by atoms with van der Waals surface area (Å²) >= 11 is 1.27. The number of hydrogen-bond donors (Lipinski definition) is 1. The SMILES string of the molecule is C[C@@H]1CCCN(S(=O)(=O)c2cccs2)[C@@H]1CN. The zero-order chi connectivity index (χ0) is 12.5. The van der Waals surface area contributed by atoms with Gasteiger partial charge in [-0.1, -0.05) is 13.0 Å². The minimum absolute atomic E-state index is 0.0594. The molecule has 17 heavy (non-hydrogen) atoms. The molecule has 0 aromatic carbocycles. The highest BCUT2D eigenvalue weighted by Gasteiger charge is 2.36. The summed E-state index contributed by atoms with van der Waals surface area (Å²) in [6, 6.07) is 3.37. The smallest absolute Gasteiger partial charge is 0.252 e. The fourth-order valence-electron chi connectivity index (χ4n) is 2.39. The molecule has 1 aromatic rings. The Morgan fingerprint density at radius 3 is 2.94 bits per heavy atom. The maximum absolute atomic E-state index is 12.4. The van der Waals surface area contributed by atoms with Crippen LogP contribution in [0.1, 0.15) is 19.8 Å². The van der Waals surface area contributed by atoms with Gasteiger partial charge in [-0.15, -0.1) is 11.3 Å². The summed E-state index contributed by atoms with van der Waals surface area (Å²) in [5, 5.41) is 1.79. The third-order valence-corrected chi connectivity index (χ3v) is 6.66. The van der Waals surface area contributed by atoms with Crippen molar-refractivity contribution in [2.75, 3.05) is 13.1 Å². The molecule has 0 amide bonds. The fourth-order valence-corrected chi connectivity index (χ4v) is 5.28. The molecule has 0 radical (unpaired) electrons. The van der Waals surface area contributed by atoms with E-state index in [0.717, 1.165) is 12.8 Å². The van der Waals surface area contributed by atoms with E-state index in [1.165, 1.54) is 11.3 Å². The highest BCUT2D eigenvalue weighted by atomic mass is 32.2. The van der Waals surface area contributed by atoms with E-state index < -0.39 is 10.0 Å². The third-order valence-electron chi connectivity index (χ3n) is 3.36. The Labute approximate surface area is 106 Å². The van der Waals surface area contributed by atoms with Gasteiger partial charge in [0.2, 0.25) is 0 Å². The van der Waals surface area contributed by atoms with E-state index in [2.05, 4.69) is 6.92 Å². The molecule has 2 rings (SSSR count). The van der Waals surface area contributed by atoms with Crippen LogP contribution in [-0.4, -0.2) is 31.9 Å². The van der Waals surface area contributed by atoms with Gasteiger partial charge in [-0.2, -0.15) is 4.31 Å². The van der Waals surface area contributed by atoms with Gasteiger partial charge < -0.3 is 5.73 Å². The first-order chi connectivity index (χ1) is 8.07. The lowest BCUT2D eigenvalue weighted by atomic mass is 9.93. The van der Waals surface area contributed by atoms with E-state index in [-0.39, 0.29) is 6.04 Å². The highest BCUT2D eigenvalue weighted by molar-refractivity contribution is 7.91. The molecule has 2 atom stereocenters. The third kappa shape index (κ3) is 2.40. The van der Waals surface area contributed by atoms with Crippen LogP contribution in [-0.2, 0) is 10.0 Å². The summed E-state index contributed by atoms with van der Waals surface area (Å²) in [4.78, 5) is 0. The molecule has 0 spiro atoms. The second-order valence-electron chi connectivity index (χ2n) is 4.47. The monoisotopic (exact) mass is 274 g/mol. The van der Waals surface area contributed by atoms with Gasteiger partial charge in [0, 0.05) is 19.1 Å². The van der Waals surface area contributed by atoms with Crippen LogP contribution in [0.15, 0.2) is 21.7 Å². The lowest BCUT2D eigenvalue weighted by Gasteiger charge is -2.37. The first kappa shape index (κ1) is 13.0. The predicted molar refractivity (Wildman–Crippen MR) is 69.5 cm³/mol. The Kier molecular flexibility index (Phi) is 3.87. The van der Waals surface area contributed by atoms with E-state index >= 15 is 0 Å². The largest absolute Gasteiger partial charge is 0.329 e. The second kappa shape index (κ2) is 5.06. The average Bonchev–Trinajstić information content (AvgIpc) is 2.82. The molecule has 2 heterocycles. The van der Waals surface area contributed by atoms with E-state index in [9.17, 15) is 8.42 Å². The van der Waals surface area contributed by atoms with Gasteiger partial charge in [-0.3, -0.25) is 0 Å². The maximum Gasteiger partial charge on any atom is 0.252 e. The minimum atomic E-state index is -3.34. The number of thiophene rings is 1. The number of nitrogens with two attached hydrogens (primary N) is 1. The Bertz CT molecular complexity index is 456. The number of rotatable bonds is 3. The van der Waals surface area contributed by atoms with Crippen molar-refractivity contribution in [3.8, 4) is 0 Å². The summed E-state index contributed by atoms with van der Waals surface area (Å²) in [5.41, 5.74) is 5.73. The van der Waals surface area contributed by atoms with Gasteiger partial charge in [0.1, 0.15) is 4.21 Å². The number of piperidine rings is 1. The number of nitrogens with zero attached hydrogens (tertiary/aromatic N) is 1. The van der Waals surface area contributed by atoms with Crippen molar-refractivity contribution in [1.29, 1.82) is 0 Å². The molecule has 1 saturated heterocycles. The van der Waals surface area contributed by atoms with E-state index in [0.29, 0.717) is 23.2 Å². The van der Waals surface area contributed by atoms with Crippen LogP contribution in [0.5, 0.6) is 0 Å². The zero-order valence-electron chi connectivity index (χ0n) is 9.87. The number of hydrogen-bond acceptors (Lipinski definition) is 4. The van der Waals surface area contributed by atoms with Gasteiger partial charge >= 0.3 is 0 Å². The lowest BCUT2D eigenvalue weighted by molar-refractivity contribution is 0.193. The second-order valence-corrected chi connectivity index (χ2v) is 7.54. The Balaban J connectivity index is 2.32. The Hall–Kier alpha value is -0.430. The van der Waals surface area contributed by atoms with E-state index in [4.69, 9.17) is 5.73 Å². The molecule has 1 fully saturated rings. The minimum Gasteiger partial charge on any atom is -0.329 e. The van der Waals surface area contributed by atoms with Crippen LogP contribution in [0, 0.1) is 5.92 Å². The molecule has 1 aromatic heterocycles. The topological polar surface area (TPSA) is 63.4 Å². The molecule has 1 aliphatic rings. The summed E-state index contributed by atoms with van der Waals surface area (Å²) in [6.07, 6.45) is 1.97. The summed E-state index contributed by atoms with van der Waals surface area (Å²) in [5.74, 6) is 0.337. The molecule has 0 bridgehead atoms. The van der Waals surface area contributed by atoms with Gasteiger partial charge in [-0.05, 0) is 30.2 Å². The average molecular weight is 274 g/mol. The van der Waals surface area contributed by atoms with Crippen LogP contribution < -0.4 is 5.73 Å². The van der Waals surface area contributed by atoms with Gasteiger partial charge in [0.25, 0.3) is 10.0 Å². The van der Waals surface area contributed by atoms with Crippen LogP contribution in [0.3, 0.4) is 0 Å². The fraction of sp³-hybridized carbons (Fsp3) is 0.636. The summed E-state index contributed by atoms with van der Waals surface area (Å²) < 4.78 is 26.9. The van der Waals surface area contributed by atoms with Crippen LogP contribution >= 0.6 is 11.3 Å². The van der Waals surface area contributed by atoms with Gasteiger partial charge in [-0.25, -0.2) is 8.42 Å². The maximum atomic E-state index is 12.4. The van der Waals surface area contributed by atoms with Crippen molar-refractivity contribution in [3.63, 3.8) is 0 Å². The van der Waals surface area contributed by atoms with Crippen LogP contribution in [0.25, 0.3) is 0 Å². The molecule has 1 aliphatic heterocycles. The first-order valence-electron chi connectivity index (χ1n) is 5.83.